The van der Waals surface area contributed by atoms with Gasteiger partial charge in [0.25, 0.3) is 0 Å². The van der Waals surface area contributed by atoms with Crippen LogP contribution in [0, 0.1) is 13.8 Å². The first-order valence-corrected chi connectivity index (χ1v) is 7.70. The van der Waals surface area contributed by atoms with Crippen LogP contribution in [-0.4, -0.2) is 16.8 Å². The molecule has 24 heavy (non-hydrogen) atoms. The Hall–Kier alpha value is -2.95. The van der Waals surface area contributed by atoms with Gasteiger partial charge in [-0.1, -0.05) is 5.16 Å². The monoisotopic (exact) mass is 322 g/mol. The molecule has 122 valence electrons. The number of fused-ring (bicyclic) bond motifs is 1. The summed E-state index contributed by atoms with van der Waals surface area (Å²) in [5, 5.41) is 7.68. The Labute approximate surface area is 139 Å². The van der Waals surface area contributed by atoms with Crippen molar-refractivity contribution in [1.29, 1.82) is 0 Å². The van der Waals surface area contributed by atoms with E-state index in [0.717, 1.165) is 16.5 Å². The van der Waals surface area contributed by atoms with E-state index in [-0.39, 0.29) is 18.1 Å². The van der Waals surface area contributed by atoms with E-state index in [9.17, 15) is 9.59 Å². The number of hydrogen-bond acceptors (Lipinski definition) is 4. The van der Waals surface area contributed by atoms with Gasteiger partial charge in [0.05, 0.1) is 6.42 Å². The molecule has 0 saturated carbocycles. The van der Waals surface area contributed by atoms with Crippen molar-refractivity contribution in [1.82, 2.24) is 5.16 Å². The van der Waals surface area contributed by atoms with E-state index in [1.807, 2.05) is 26.0 Å². The fourth-order valence-electron chi connectivity index (χ4n) is 2.52. The Morgan fingerprint density at radius 1 is 1.08 bits per heavy atom. The Balaban J connectivity index is 1.75. The van der Waals surface area contributed by atoms with Gasteiger partial charge in [-0.25, -0.2) is 0 Å². The maximum Gasteiger partial charge on any atom is 0.230 e. The standard InChI is InChI=1S/C19H18N2O3/c1-11-8-16-17(21-24-18(16)9-12(11)2)10-19(23)20-15-6-4-14(5-7-15)13(3)22/h4-9H,10H2,1-3H3,(H,20,23). The molecule has 0 radical (unpaired) electrons. The SMILES string of the molecule is CC(=O)c1ccc(NC(=O)Cc2noc3cc(C)c(C)cc23)cc1. The highest BCUT2D eigenvalue weighted by Crippen LogP contribution is 2.23. The summed E-state index contributed by atoms with van der Waals surface area (Å²) in [5.74, 6) is -0.188. The topological polar surface area (TPSA) is 72.2 Å². The number of carbonyl (C=O) groups excluding carboxylic acids is 2. The molecule has 3 aromatic rings. The summed E-state index contributed by atoms with van der Waals surface area (Å²) in [5.41, 5.74) is 4.82. The average Bonchev–Trinajstić information content (AvgIpc) is 2.90. The zero-order valence-electron chi connectivity index (χ0n) is 13.8. The van der Waals surface area contributed by atoms with Crippen LogP contribution in [0.15, 0.2) is 40.9 Å². The highest BCUT2D eigenvalue weighted by Gasteiger charge is 2.14. The molecule has 1 aromatic heterocycles. The number of nitrogens with zero attached hydrogens (tertiary/aromatic N) is 1. The molecule has 0 aliphatic heterocycles. The van der Waals surface area contributed by atoms with Crippen molar-refractivity contribution >= 4 is 28.3 Å². The zero-order valence-corrected chi connectivity index (χ0v) is 13.8. The molecule has 0 spiro atoms. The quantitative estimate of drug-likeness (QED) is 0.741. The molecule has 2 aromatic carbocycles. The van der Waals surface area contributed by atoms with Crippen LogP contribution >= 0.6 is 0 Å². The van der Waals surface area contributed by atoms with Gasteiger partial charge in [0, 0.05) is 16.6 Å². The smallest absolute Gasteiger partial charge is 0.230 e. The minimum absolute atomic E-state index is 0.00685. The number of anilines is 1. The maximum atomic E-state index is 12.2. The van der Waals surface area contributed by atoms with E-state index in [4.69, 9.17) is 4.52 Å². The van der Waals surface area contributed by atoms with E-state index in [2.05, 4.69) is 10.5 Å². The lowest BCUT2D eigenvalue weighted by Crippen LogP contribution is -2.14. The normalized spacial score (nSPS) is 10.8. The fraction of sp³-hybridized carbons (Fsp3) is 0.211. The molecule has 0 aliphatic rings. The summed E-state index contributed by atoms with van der Waals surface area (Å²) in [6.45, 7) is 5.53. The number of aryl methyl sites for hydroxylation is 2. The van der Waals surface area contributed by atoms with Gasteiger partial charge in [-0.3, -0.25) is 9.59 Å². The predicted octanol–water partition coefficient (Wildman–Crippen LogP) is 3.83. The third-order valence-corrected chi connectivity index (χ3v) is 4.06. The van der Waals surface area contributed by atoms with Crippen molar-refractivity contribution in [3.8, 4) is 0 Å². The molecular formula is C19H18N2O3. The van der Waals surface area contributed by atoms with Gasteiger partial charge in [-0.2, -0.15) is 0 Å². The molecule has 0 saturated heterocycles. The molecule has 0 unspecified atom stereocenters. The summed E-state index contributed by atoms with van der Waals surface area (Å²) in [6, 6.07) is 10.7. The molecule has 0 atom stereocenters. The van der Waals surface area contributed by atoms with Crippen LogP contribution in [0.2, 0.25) is 0 Å². The molecule has 1 amide bonds. The van der Waals surface area contributed by atoms with Crippen LogP contribution in [0.4, 0.5) is 5.69 Å². The number of aromatic nitrogens is 1. The van der Waals surface area contributed by atoms with Crippen molar-refractivity contribution in [2.24, 2.45) is 0 Å². The summed E-state index contributed by atoms with van der Waals surface area (Å²) < 4.78 is 5.31. The summed E-state index contributed by atoms with van der Waals surface area (Å²) in [7, 11) is 0. The third kappa shape index (κ3) is 3.20. The predicted molar refractivity (Wildman–Crippen MR) is 92.3 cm³/mol. The van der Waals surface area contributed by atoms with Crippen LogP contribution in [0.1, 0.15) is 34.1 Å². The van der Waals surface area contributed by atoms with Crippen LogP contribution < -0.4 is 5.32 Å². The van der Waals surface area contributed by atoms with Gasteiger partial charge >= 0.3 is 0 Å². The van der Waals surface area contributed by atoms with Gasteiger partial charge in [0.1, 0.15) is 5.69 Å². The number of Topliss-reactive ketones (excluding diaryl/α,β-unsaturated/α-hetero) is 1. The van der Waals surface area contributed by atoms with Gasteiger partial charge in [-0.15, -0.1) is 0 Å². The molecule has 0 aliphatic carbocycles. The second-order valence-corrected chi connectivity index (χ2v) is 5.92. The Bertz CT molecular complexity index is 924. The first-order valence-electron chi connectivity index (χ1n) is 7.70. The van der Waals surface area contributed by atoms with Crippen molar-refractivity contribution in [3.63, 3.8) is 0 Å². The van der Waals surface area contributed by atoms with E-state index in [0.29, 0.717) is 22.5 Å². The number of nitrogens with one attached hydrogen (secondary N) is 1. The molecule has 1 N–H and O–H groups in total. The highest BCUT2D eigenvalue weighted by molar-refractivity contribution is 5.97. The van der Waals surface area contributed by atoms with Gasteiger partial charge in [0.15, 0.2) is 11.4 Å². The fourth-order valence-corrected chi connectivity index (χ4v) is 2.52. The van der Waals surface area contributed by atoms with Gasteiger partial charge in [-0.05, 0) is 68.3 Å². The first-order chi connectivity index (χ1) is 11.4. The van der Waals surface area contributed by atoms with Crippen molar-refractivity contribution in [2.45, 2.75) is 27.2 Å². The lowest BCUT2D eigenvalue weighted by atomic mass is 10.1. The van der Waals surface area contributed by atoms with E-state index < -0.39 is 0 Å². The number of ketones is 1. The molecule has 1 heterocycles. The van der Waals surface area contributed by atoms with Crippen molar-refractivity contribution in [2.75, 3.05) is 5.32 Å². The van der Waals surface area contributed by atoms with Gasteiger partial charge in [0.2, 0.25) is 5.91 Å². The largest absolute Gasteiger partial charge is 0.356 e. The molecule has 5 nitrogen and oxygen atoms in total. The number of hydrogen-bond donors (Lipinski definition) is 1. The van der Waals surface area contributed by atoms with Crippen LogP contribution in [0.25, 0.3) is 11.0 Å². The van der Waals surface area contributed by atoms with Gasteiger partial charge < -0.3 is 9.84 Å². The number of carbonyl (C=O) groups is 2. The zero-order chi connectivity index (χ0) is 17.3. The number of benzene rings is 2. The van der Waals surface area contributed by atoms with E-state index >= 15 is 0 Å². The van der Waals surface area contributed by atoms with Crippen molar-refractivity contribution in [3.05, 3.63) is 58.8 Å². The molecule has 3 rings (SSSR count). The second kappa shape index (κ2) is 6.28. The maximum absolute atomic E-state index is 12.2. The molecule has 0 bridgehead atoms. The lowest BCUT2D eigenvalue weighted by molar-refractivity contribution is -0.115. The highest BCUT2D eigenvalue weighted by atomic mass is 16.5. The summed E-state index contributed by atoms with van der Waals surface area (Å²) >= 11 is 0. The minimum atomic E-state index is -0.181. The Kier molecular flexibility index (Phi) is 4.16. The summed E-state index contributed by atoms with van der Waals surface area (Å²) in [6.07, 6.45) is 0.129. The Morgan fingerprint density at radius 2 is 1.75 bits per heavy atom. The minimum Gasteiger partial charge on any atom is -0.356 e. The first kappa shape index (κ1) is 15.9. The number of amides is 1. The van der Waals surface area contributed by atoms with Crippen LogP contribution in [0.5, 0.6) is 0 Å². The summed E-state index contributed by atoms with van der Waals surface area (Å²) in [4.78, 5) is 23.5. The lowest BCUT2D eigenvalue weighted by Gasteiger charge is -2.05. The third-order valence-electron chi connectivity index (χ3n) is 4.06. The average molecular weight is 322 g/mol. The molecule has 5 heteroatoms. The van der Waals surface area contributed by atoms with Crippen LogP contribution in [0.3, 0.4) is 0 Å². The Morgan fingerprint density at radius 3 is 2.42 bits per heavy atom. The number of rotatable bonds is 4. The molecular weight excluding hydrogens is 304 g/mol. The van der Waals surface area contributed by atoms with Crippen LogP contribution in [-0.2, 0) is 11.2 Å². The van der Waals surface area contributed by atoms with E-state index in [1.54, 1.807) is 24.3 Å². The van der Waals surface area contributed by atoms with E-state index in [1.165, 1.54) is 6.92 Å². The second-order valence-electron chi connectivity index (χ2n) is 5.92. The van der Waals surface area contributed by atoms with Crippen molar-refractivity contribution < 1.29 is 14.1 Å². The molecule has 0 fully saturated rings.